The molecule has 0 radical (unpaired) electrons. The second-order valence-electron chi connectivity index (χ2n) is 7.19. The first-order valence-corrected chi connectivity index (χ1v) is 10.0. The monoisotopic (exact) mass is 400 g/mol. The molecule has 1 aromatic carbocycles. The number of hydrogen-bond donors (Lipinski definition) is 3. The van der Waals surface area contributed by atoms with E-state index < -0.39 is 0 Å². The molecule has 1 unspecified atom stereocenters. The van der Waals surface area contributed by atoms with Crippen LogP contribution in [0.5, 0.6) is 5.75 Å². The first kappa shape index (κ1) is 22.3. The molecule has 1 amide bonds. The summed E-state index contributed by atoms with van der Waals surface area (Å²) in [6.07, 6.45) is 1.58. The molecule has 7 heteroatoms. The van der Waals surface area contributed by atoms with Gasteiger partial charge in [0.15, 0.2) is 5.96 Å². The van der Waals surface area contributed by atoms with Crippen molar-refractivity contribution >= 4 is 11.9 Å². The third kappa shape index (κ3) is 8.29. The van der Waals surface area contributed by atoms with E-state index in [1.807, 2.05) is 44.2 Å². The molecule has 2 rings (SSSR count). The lowest BCUT2D eigenvalue weighted by Gasteiger charge is -2.18. The van der Waals surface area contributed by atoms with Crippen LogP contribution in [0.2, 0.25) is 0 Å². The third-order valence-corrected chi connectivity index (χ3v) is 4.08. The second-order valence-corrected chi connectivity index (χ2v) is 7.19. The molecule has 0 saturated heterocycles. The number of guanidine groups is 1. The number of carbonyl (C=O) groups excluding carboxylic acids is 1. The molecule has 0 saturated carbocycles. The Labute approximate surface area is 172 Å². The third-order valence-electron chi connectivity index (χ3n) is 4.08. The minimum Gasteiger partial charge on any atom is -0.493 e. The first-order valence-electron chi connectivity index (χ1n) is 10.0. The number of furan rings is 1. The molecule has 7 nitrogen and oxygen atoms in total. The van der Waals surface area contributed by atoms with Crippen molar-refractivity contribution in [1.82, 2.24) is 16.0 Å². The summed E-state index contributed by atoms with van der Waals surface area (Å²) < 4.78 is 10.9. The van der Waals surface area contributed by atoms with Crippen LogP contribution in [0.4, 0.5) is 0 Å². The largest absolute Gasteiger partial charge is 0.493 e. The van der Waals surface area contributed by atoms with E-state index >= 15 is 0 Å². The lowest BCUT2D eigenvalue weighted by Crippen LogP contribution is -2.39. The number of carbonyl (C=O) groups is 1. The Morgan fingerprint density at radius 1 is 1.14 bits per heavy atom. The van der Waals surface area contributed by atoms with Crippen LogP contribution in [0.1, 0.15) is 45.1 Å². The van der Waals surface area contributed by atoms with Crippen LogP contribution in [0.15, 0.2) is 52.1 Å². The number of ether oxygens (including phenoxy) is 1. The number of nitrogens with one attached hydrogen (secondary N) is 3. The first-order chi connectivity index (χ1) is 14.0. The molecule has 1 aromatic heterocycles. The maximum absolute atomic E-state index is 12.0. The van der Waals surface area contributed by atoms with Gasteiger partial charge in [0, 0.05) is 6.54 Å². The number of nitrogens with zero attached hydrogens (tertiary/aromatic N) is 1. The Bertz CT molecular complexity index is 755. The fourth-order valence-corrected chi connectivity index (χ4v) is 2.53. The van der Waals surface area contributed by atoms with Crippen LogP contribution >= 0.6 is 0 Å². The molecule has 0 aliphatic carbocycles. The average Bonchev–Trinajstić information content (AvgIpc) is 3.23. The highest BCUT2D eigenvalue weighted by Crippen LogP contribution is 2.18. The van der Waals surface area contributed by atoms with E-state index in [0.717, 1.165) is 11.3 Å². The molecule has 0 bridgehead atoms. The van der Waals surface area contributed by atoms with E-state index in [1.165, 1.54) is 0 Å². The number of benzene rings is 1. The van der Waals surface area contributed by atoms with Crippen LogP contribution in [0.25, 0.3) is 0 Å². The van der Waals surface area contributed by atoms with E-state index in [-0.39, 0.29) is 18.5 Å². The molecule has 0 spiro atoms. The van der Waals surface area contributed by atoms with Gasteiger partial charge < -0.3 is 25.1 Å². The molecule has 1 atom stereocenters. The van der Waals surface area contributed by atoms with E-state index in [9.17, 15) is 4.79 Å². The predicted molar refractivity (Wildman–Crippen MR) is 115 cm³/mol. The maximum atomic E-state index is 12.0. The van der Waals surface area contributed by atoms with Gasteiger partial charge in [-0.2, -0.15) is 0 Å². The normalized spacial score (nSPS) is 12.5. The van der Waals surface area contributed by atoms with Crippen molar-refractivity contribution in [2.45, 2.75) is 40.3 Å². The van der Waals surface area contributed by atoms with Gasteiger partial charge in [0.1, 0.15) is 18.1 Å². The van der Waals surface area contributed by atoms with Gasteiger partial charge in [-0.1, -0.05) is 26.0 Å². The lowest BCUT2D eigenvalue weighted by atomic mass is 10.1. The summed E-state index contributed by atoms with van der Waals surface area (Å²) in [5, 5.41) is 9.28. The molecular formula is C22H32N4O3. The zero-order chi connectivity index (χ0) is 21.1. The number of hydrogen-bond acceptors (Lipinski definition) is 4. The van der Waals surface area contributed by atoms with E-state index in [2.05, 4.69) is 34.8 Å². The van der Waals surface area contributed by atoms with Gasteiger partial charge in [-0.05, 0) is 49.6 Å². The van der Waals surface area contributed by atoms with Crippen molar-refractivity contribution in [3.8, 4) is 5.75 Å². The number of rotatable bonds is 10. The van der Waals surface area contributed by atoms with Crippen LogP contribution in [0.3, 0.4) is 0 Å². The highest BCUT2D eigenvalue weighted by atomic mass is 16.5. The van der Waals surface area contributed by atoms with Crippen molar-refractivity contribution in [2.24, 2.45) is 10.9 Å². The van der Waals surface area contributed by atoms with Gasteiger partial charge >= 0.3 is 0 Å². The molecule has 3 N–H and O–H groups in total. The highest BCUT2D eigenvalue weighted by Gasteiger charge is 2.09. The van der Waals surface area contributed by atoms with Crippen LogP contribution in [-0.2, 0) is 11.3 Å². The summed E-state index contributed by atoms with van der Waals surface area (Å²) >= 11 is 0. The average molecular weight is 401 g/mol. The van der Waals surface area contributed by atoms with Crippen LogP contribution in [-0.4, -0.2) is 31.6 Å². The summed E-state index contributed by atoms with van der Waals surface area (Å²) in [6.45, 7) is 10.1. The van der Waals surface area contributed by atoms with Crippen molar-refractivity contribution in [3.05, 3.63) is 54.0 Å². The zero-order valence-corrected chi connectivity index (χ0v) is 17.7. The Kier molecular flexibility index (Phi) is 9.08. The Morgan fingerprint density at radius 3 is 2.52 bits per heavy atom. The molecule has 158 valence electrons. The van der Waals surface area contributed by atoms with Gasteiger partial charge in [0.25, 0.3) is 0 Å². The Balaban J connectivity index is 1.87. The zero-order valence-electron chi connectivity index (χ0n) is 17.7. The molecule has 1 heterocycles. The Morgan fingerprint density at radius 2 is 1.90 bits per heavy atom. The molecule has 0 aliphatic heterocycles. The molecular weight excluding hydrogens is 368 g/mol. The summed E-state index contributed by atoms with van der Waals surface area (Å²) in [4.78, 5) is 16.4. The Hall–Kier alpha value is -2.96. The number of amides is 1. The van der Waals surface area contributed by atoms with Crippen LogP contribution < -0.4 is 20.7 Å². The lowest BCUT2D eigenvalue weighted by molar-refractivity contribution is -0.119. The molecule has 29 heavy (non-hydrogen) atoms. The van der Waals surface area contributed by atoms with Gasteiger partial charge in [-0.25, -0.2) is 4.99 Å². The van der Waals surface area contributed by atoms with Crippen molar-refractivity contribution in [3.63, 3.8) is 0 Å². The standard InChI is InChI=1S/C22H32N4O3/c1-5-23-22(25-14-21(27)24-13-20-7-6-12-28-20)26-17(4)18-8-10-19(11-9-18)29-15-16(2)3/h6-12,16-17H,5,13-15H2,1-4H3,(H,24,27)(H2,23,25,26). The number of aliphatic imine (C=N–C) groups is 1. The van der Waals surface area contributed by atoms with Gasteiger partial charge in [-0.3, -0.25) is 4.79 Å². The van der Waals surface area contributed by atoms with Gasteiger partial charge in [0.2, 0.25) is 5.91 Å². The molecule has 0 fully saturated rings. The highest BCUT2D eigenvalue weighted by molar-refractivity contribution is 5.85. The van der Waals surface area contributed by atoms with Gasteiger partial charge in [0.05, 0.1) is 25.5 Å². The second kappa shape index (κ2) is 11.8. The summed E-state index contributed by atoms with van der Waals surface area (Å²) in [5.41, 5.74) is 1.11. The van der Waals surface area contributed by atoms with E-state index in [1.54, 1.807) is 12.3 Å². The fraction of sp³-hybridized carbons (Fsp3) is 0.455. The summed E-state index contributed by atoms with van der Waals surface area (Å²) in [7, 11) is 0. The maximum Gasteiger partial charge on any atom is 0.242 e. The topological polar surface area (TPSA) is 87.9 Å². The van der Waals surface area contributed by atoms with Crippen molar-refractivity contribution in [1.29, 1.82) is 0 Å². The van der Waals surface area contributed by atoms with Crippen LogP contribution in [0, 0.1) is 5.92 Å². The van der Waals surface area contributed by atoms with Crippen molar-refractivity contribution < 1.29 is 13.9 Å². The summed E-state index contributed by atoms with van der Waals surface area (Å²) in [6, 6.07) is 11.6. The van der Waals surface area contributed by atoms with Gasteiger partial charge in [-0.15, -0.1) is 0 Å². The molecule has 2 aromatic rings. The molecule has 0 aliphatic rings. The predicted octanol–water partition coefficient (Wildman–Crippen LogP) is 3.25. The van der Waals surface area contributed by atoms with E-state index in [0.29, 0.717) is 37.3 Å². The quantitative estimate of drug-likeness (QED) is 0.421. The fourth-order valence-electron chi connectivity index (χ4n) is 2.53. The SMILES string of the molecule is CCNC(=NCC(=O)NCc1ccco1)NC(C)c1ccc(OCC(C)C)cc1. The van der Waals surface area contributed by atoms with Crippen molar-refractivity contribution in [2.75, 3.05) is 19.7 Å². The van der Waals surface area contributed by atoms with E-state index in [4.69, 9.17) is 9.15 Å². The smallest absolute Gasteiger partial charge is 0.242 e. The minimum absolute atomic E-state index is 0.0260. The summed E-state index contributed by atoms with van der Waals surface area (Å²) in [5.74, 6) is 2.49. The minimum atomic E-state index is -0.169.